The van der Waals surface area contributed by atoms with E-state index >= 15 is 0 Å². The molecule has 0 saturated heterocycles. The molecule has 0 heterocycles. The van der Waals surface area contributed by atoms with Crippen LogP contribution in [0.1, 0.15) is 31.4 Å². The highest BCUT2D eigenvalue weighted by Gasteiger charge is 2.67. The van der Waals surface area contributed by atoms with Crippen molar-refractivity contribution in [1.82, 2.24) is 0 Å². The maximum atomic E-state index is 13.2. The maximum absolute atomic E-state index is 13.2. The number of rotatable bonds is 2. The smallest absolute Gasteiger partial charge is 0.314 e. The fourth-order valence-corrected chi connectivity index (χ4v) is 2.51. The Balaban J connectivity index is 2.51. The van der Waals surface area contributed by atoms with Crippen molar-refractivity contribution in [3.8, 4) is 0 Å². The molecule has 1 fully saturated rings. The van der Waals surface area contributed by atoms with Crippen molar-refractivity contribution in [1.29, 1.82) is 0 Å². The molecule has 0 radical (unpaired) electrons. The van der Waals surface area contributed by atoms with Gasteiger partial charge in [-0.2, -0.15) is 0 Å². The minimum absolute atomic E-state index is 0.247. The van der Waals surface area contributed by atoms with Crippen molar-refractivity contribution in [3.05, 3.63) is 35.1 Å². The Morgan fingerprint density at radius 2 is 2.00 bits per heavy atom. The van der Waals surface area contributed by atoms with E-state index < -0.39 is 11.4 Å². The topological polar surface area (TPSA) is 37.3 Å². The molecule has 0 amide bonds. The van der Waals surface area contributed by atoms with E-state index in [4.69, 9.17) is 0 Å². The largest absolute Gasteiger partial charge is 0.481 e. The number of hydrogen-bond donors (Lipinski definition) is 1. The van der Waals surface area contributed by atoms with Gasteiger partial charge in [0.2, 0.25) is 0 Å². The van der Waals surface area contributed by atoms with Gasteiger partial charge in [-0.1, -0.05) is 26.0 Å². The van der Waals surface area contributed by atoms with Crippen LogP contribution in [0.5, 0.6) is 0 Å². The van der Waals surface area contributed by atoms with E-state index in [9.17, 15) is 14.3 Å². The molecule has 3 heteroatoms. The van der Waals surface area contributed by atoms with Crippen LogP contribution in [-0.2, 0) is 10.2 Å². The number of aliphatic carboxylic acids is 1. The van der Waals surface area contributed by atoms with Gasteiger partial charge in [0.25, 0.3) is 0 Å². The minimum atomic E-state index is -0.828. The molecule has 1 N–H and O–H groups in total. The molecule has 1 aromatic carbocycles. The first-order valence-electron chi connectivity index (χ1n) is 5.31. The average Bonchev–Trinajstić information content (AvgIpc) is 2.75. The van der Waals surface area contributed by atoms with Gasteiger partial charge in [-0.25, -0.2) is 4.39 Å². The van der Waals surface area contributed by atoms with E-state index in [1.54, 1.807) is 19.1 Å². The first kappa shape index (κ1) is 11.1. The van der Waals surface area contributed by atoms with E-state index in [1.165, 1.54) is 6.07 Å². The summed E-state index contributed by atoms with van der Waals surface area (Å²) in [4.78, 5) is 11.4. The molecular formula is C13H15FO2. The third-order valence-corrected chi connectivity index (χ3v) is 3.75. The summed E-state index contributed by atoms with van der Waals surface area (Å²) < 4.78 is 13.2. The van der Waals surface area contributed by atoms with Crippen LogP contribution in [0.4, 0.5) is 4.39 Å². The van der Waals surface area contributed by atoms with Crippen LogP contribution < -0.4 is 0 Å². The number of benzene rings is 1. The fraction of sp³-hybridized carbons (Fsp3) is 0.462. The lowest BCUT2D eigenvalue weighted by atomic mass is 9.87. The van der Waals surface area contributed by atoms with Gasteiger partial charge in [-0.3, -0.25) is 4.79 Å². The van der Waals surface area contributed by atoms with Gasteiger partial charge < -0.3 is 5.11 Å². The Hall–Kier alpha value is -1.38. The van der Waals surface area contributed by atoms with Crippen LogP contribution in [0.2, 0.25) is 0 Å². The number of carboxylic acid groups (broad SMARTS) is 1. The Kier molecular flexibility index (Phi) is 2.13. The molecule has 2 nitrogen and oxygen atoms in total. The highest BCUT2D eigenvalue weighted by molar-refractivity contribution is 5.87. The van der Waals surface area contributed by atoms with E-state index in [-0.39, 0.29) is 11.2 Å². The molecule has 1 unspecified atom stereocenters. The van der Waals surface area contributed by atoms with Crippen LogP contribution in [0.3, 0.4) is 0 Å². The third kappa shape index (κ3) is 1.27. The van der Waals surface area contributed by atoms with E-state index in [2.05, 4.69) is 0 Å². The molecular weight excluding hydrogens is 207 g/mol. The third-order valence-electron chi connectivity index (χ3n) is 3.75. The molecule has 1 aromatic rings. The molecule has 0 bridgehead atoms. The lowest BCUT2D eigenvalue weighted by Gasteiger charge is -2.16. The Labute approximate surface area is 94.1 Å². The second-order valence-corrected chi connectivity index (χ2v) is 5.24. The van der Waals surface area contributed by atoms with Crippen molar-refractivity contribution >= 4 is 5.97 Å². The second-order valence-electron chi connectivity index (χ2n) is 5.24. The van der Waals surface area contributed by atoms with E-state index in [0.29, 0.717) is 17.5 Å². The van der Waals surface area contributed by atoms with Gasteiger partial charge >= 0.3 is 5.97 Å². The van der Waals surface area contributed by atoms with Crippen LogP contribution in [0.25, 0.3) is 0 Å². The summed E-state index contributed by atoms with van der Waals surface area (Å²) in [5.41, 5.74) is 0.138. The molecule has 1 aliphatic rings. The maximum Gasteiger partial charge on any atom is 0.314 e. The molecule has 1 aliphatic carbocycles. The number of carboxylic acids is 1. The lowest BCUT2D eigenvalue weighted by Crippen LogP contribution is -2.25. The van der Waals surface area contributed by atoms with Gasteiger partial charge in [-0.15, -0.1) is 0 Å². The van der Waals surface area contributed by atoms with Gasteiger partial charge in [0.1, 0.15) is 5.82 Å². The normalized spacial score (nSPS) is 26.5. The highest BCUT2D eigenvalue weighted by atomic mass is 19.1. The zero-order valence-corrected chi connectivity index (χ0v) is 9.67. The summed E-state index contributed by atoms with van der Waals surface area (Å²) in [5, 5.41) is 9.36. The van der Waals surface area contributed by atoms with E-state index in [0.717, 1.165) is 0 Å². The first-order valence-corrected chi connectivity index (χ1v) is 5.31. The molecule has 2 rings (SSSR count). The predicted molar refractivity (Wildman–Crippen MR) is 58.8 cm³/mol. The first-order chi connectivity index (χ1) is 7.31. The molecule has 16 heavy (non-hydrogen) atoms. The van der Waals surface area contributed by atoms with Crippen molar-refractivity contribution < 1.29 is 14.3 Å². The molecule has 0 aliphatic heterocycles. The van der Waals surface area contributed by atoms with Crippen molar-refractivity contribution in [2.45, 2.75) is 32.6 Å². The number of aryl methyl sites for hydroxylation is 1. The predicted octanol–water partition coefficient (Wildman–Crippen LogP) is 2.89. The van der Waals surface area contributed by atoms with Crippen molar-refractivity contribution in [3.63, 3.8) is 0 Å². The number of carbonyl (C=O) groups is 1. The molecule has 0 spiro atoms. The summed E-state index contributed by atoms with van der Waals surface area (Å²) in [5.74, 6) is -1.11. The quantitative estimate of drug-likeness (QED) is 0.835. The minimum Gasteiger partial charge on any atom is -0.481 e. The Morgan fingerprint density at radius 1 is 1.44 bits per heavy atom. The van der Waals surface area contributed by atoms with Crippen molar-refractivity contribution in [2.75, 3.05) is 0 Å². The van der Waals surface area contributed by atoms with Gasteiger partial charge in [0.15, 0.2) is 0 Å². The van der Waals surface area contributed by atoms with Crippen LogP contribution >= 0.6 is 0 Å². The SMILES string of the molecule is Cc1cc(C2(C(=O)O)CC2(C)C)ccc1F. The summed E-state index contributed by atoms with van der Waals surface area (Å²) in [6, 6.07) is 4.59. The lowest BCUT2D eigenvalue weighted by molar-refractivity contribution is -0.141. The molecule has 1 saturated carbocycles. The van der Waals surface area contributed by atoms with Crippen LogP contribution in [-0.4, -0.2) is 11.1 Å². The summed E-state index contributed by atoms with van der Waals surface area (Å²) in [6.45, 7) is 5.52. The van der Waals surface area contributed by atoms with Crippen LogP contribution in [0.15, 0.2) is 18.2 Å². The highest BCUT2D eigenvalue weighted by Crippen LogP contribution is 2.64. The average molecular weight is 222 g/mol. The monoisotopic (exact) mass is 222 g/mol. The van der Waals surface area contributed by atoms with Gasteiger partial charge in [0, 0.05) is 0 Å². The van der Waals surface area contributed by atoms with Crippen LogP contribution in [0, 0.1) is 18.2 Å². The molecule has 1 atom stereocenters. The summed E-state index contributed by atoms with van der Waals surface area (Å²) >= 11 is 0. The zero-order chi connectivity index (χ0) is 12.1. The van der Waals surface area contributed by atoms with Gasteiger partial charge in [0.05, 0.1) is 5.41 Å². The zero-order valence-electron chi connectivity index (χ0n) is 9.67. The van der Waals surface area contributed by atoms with Gasteiger partial charge in [-0.05, 0) is 36.0 Å². The Morgan fingerprint density at radius 3 is 2.38 bits per heavy atom. The van der Waals surface area contributed by atoms with Crippen molar-refractivity contribution in [2.24, 2.45) is 5.41 Å². The second kappa shape index (κ2) is 3.06. The summed E-state index contributed by atoms with van der Waals surface area (Å²) in [7, 11) is 0. The number of halogens is 1. The molecule has 0 aromatic heterocycles. The molecule has 86 valence electrons. The number of hydrogen-bond acceptors (Lipinski definition) is 1. The fourth-order valence-electron chi connectivity index (χ4n) is 2.51. The standard InChI is InChI=1S/C13H15FO2/c1-8-6-9(4-5-10(8)14)13(11(15)16)7-12(13,2)3/h4-6H,7H2,1-3H3,(H,15,16). The van der Waals surface area contributed by atoms with E-state index in [1.807, 2.05) is 13.8 Å². The Bertz CT molecular complexity index is 465. The summed E-state index contributed by atoms with van der Waals surface area (Å²) in [6.07, 6.45) is 0.612.